The molecule has 17 heavy (non-hydrogen) atoms. The fourth-order valence-electron chi connectivity index (χ4n) is 2.37. The van der Waals surface area contributed by atoms with Crippen LogP contribution in [0.3, 0.4) is 0 Å². The van der Waals surface area contributed by atoms with Crippen molar-refractivity contribution in [3.05, 3.63) is 28.8 Å². The van der Waals surface area contributed by atoms with Crippen molar-refractivity contribution >= 4 is 11.6 Å². The van der Waals surface area contributed by atoms with Gasteiger partial charge >= 0.3 is 0 Å². The van der Waals surface area contributed by atoms with Crippen LogP contribution in [-0.2, 0) is 6.54 Å². The molecule has 0 atom stereocenters. The first kappa shape index (κ1) is 12.7. The van der Waals surface area contributed by atoms with Crippen LogP contribution in [0.4, 0.5) is 0 Å². The summed E-state index contributed by atoms with van der Waals surface area (Å²) in [5.41, 5.74) is 6.64. The van der Waals surface area contributed by atoms with E-state index in [4.69, 9.17) is 22.1 Å². The van der Waals surface area contributed by atoms with E-state index in [1.807, 2.05) is 18.2 Å². The lowest BCUT2D eigenvalue weighted by atomic mass is 9.89. The molecule has 3 heteroatoms. The summed E-state index contributed by atoms with van der Waals surface area (Å²) < 4.78 is 6.04. The Kier molecular flexibility index (Phi) is 4.30. The minimum atomic E-state index is 0.329. The Morgan fingerprint density at radius 2 is 2.00 bits per heavy atom. The van der Waals surface area contributed by atoms with Gasteiger partial charge < -0.3 is 10.5 Å². The third-order valence-corrected chi connectivity index (χ3v) is 3.89. The average molecular weight is 254 g/mol. The molecule has 0 aromatic heterocycles. The number of rotatable bonds is 3. The van der Waals surface area contributed by atoms with E-state index in [0.717, 1.165) is 30.1 Å². The molecule has 0 spiro atoms. The van der Waals surface area contributed by atoms with Crippen molar-refractivity contribution in [1.82, 2.24) is 0 Å². The predicted molar refractivity (Wildman–Crippen MR) is 71.4 cm³/mol. The maximum absolute atomic E-state index is 6.11. The summed E-state index contributed by atoms with van der Waals surface area (Å²) in [6.45, 7) is 2.74. The van der Waals surface area contributed by atoms with Gasteiger partial charge in [0.25, 0.3) is 0 Å². The van der Waals surface area contributed by atoms with Crippen LogP contribution >= 0.6 is 11.6 Å². The normalized spacial score (nSPS) is 24.6. The van der Waals surface area contributed by atoms with Crippen LogP contribution in [0.1, 0.15) is 38.2 Å². The molecule has 2 rings (SSSR count). The molecule has 1 aromatic rings. The molecule has 2 nitrogen and oxygen atoms in total. The zero-order chi connectivity index (χ0) is 12.3. The Hall–Kier alpha value is -0.730. The van der Waals surface area contributed by atoms with Crippen molar-refractivity contribution in [2.24, 2.45) is 11.7 Å². The fourth-order valence-corrected chi connectivity index (χ4v) is 2.62. The Morgan fingerprint density at radius 1 is 1.29 bits per heavy atom. The van der Waals surface area contributed by atoms with Crippen LogP contribution < -0.4 is 10.5 Å². The quantitative estimate of drug-likeness (QED) is 0.890. The van der Waals surface area contributed by atoms with Crippen molar-refractivity contribution in [3.8, 4) is 5.75 Å². The first-order chi connectivity index (χ1) is 8.20. The molecule has 1 aliphatic carbocycles. The standard InChI is InChI=1S/C14H20ClNO/c1-10-5-7-11(8-6-10)17-14-4-2-3-13(15)12(14)9-16/h2-4,10-11H,5-9,16H2,1H3. The zero-order valence-corrected chi connectivity index (χ0v) is 11.0. The lowest BCUT2D eigenvalue weighted by Crippen LogP contribution is -2.23. The summed E-state index contributed by atoms with van der Waals surface area (Å²) in [4.78, 5) is 0. The number of halogens is 1. The van der Waals surface area contributed by atoms with Crippen LogP contribution in [0, 0.1) is 5.92 Å². The van der Waals surface area contributed by atoms with Crippen molar-refractivity contribution in [1.29, 1.82) is 0 Å². The van der Waals surface area contributed by atoms with Gasteiger partial charge in [0, 0.05) is 17.1 Å². The molecule has 0 heterocycles. The van der Waals surface area contributed by atoms with Crippen LogP contribution in [0.15, 0.2) is 18.2 Å². The third kappa shape index (κ3) is 3.14. The van der Waals surface area contributed by atoms with Crippen molar-refractivity contribution in [3.63, 3.8) is 0 Å². The Morgan fingerprint density at radius 3 is 2.65 bits per heavy atom. The third-order valence-electron chi connectivity index (χ3n) is 3.54. The Bertz CT molecular complexity index is 372. The van der Waals surface area contributed by atoms with Gasteiger partial charge in [0.1, 0.15) is 5.75 Å². The molecule has 0 saturated heterocycles. The molecule has 1 fully saturated rings. The summed E-state index contributed by atoms with van der Waals surface area (Å²) in [5, 5.41) is 0.703. The first-order valence-corrected chi connectivity index (χ1v) is 6.72. The summed E-state index contributed by atoms with van der Waals surface area (Å²) in [6.07, 6.45) is 5.11. The topological polar surface area (TPSA) is 35.2 Å². The second-order valence-corrected chi connectivity index (χ2v) is 5.33. The minimum Gasteiger partial charge on any atom is -0.490 e. The van der Waals surface area contributed by atoms with Gasteiger partial charge in [0.05, 0.1) is 6.10 Å². The van der Waals surface area contributed by atoms with Crippen LogP contribution in [0.25, 0.3) is 0 Å². The molecule has 0 radical (unpaired) electrons. The molecule has 0 unspecified atom stereocenters. The molecule has 1 saturated carbocycles. The summed E-state index contributed by atoms with van der Waals surface area (Å²) >= 11 is 6.11. The van der Waals surface area contributed by atoms with Crippen molar-refractivity contribution < 1.29 is 4.74 Å². The highest BCUT2D eigenvalue weighted by atomic mass is 35.5. The van der Waals surface area contributed by atoms with Gasteiger partial charge in [0.2, 0.25) is 0 Å². The molecule has 2 N–H and O–H groups in total. The SMILES string of the molecule is CC1CCC(Oc2cccc(Cl)c2CN)CC1. The number of hydrogen-bond donors (Lipinski definition) is 1. The lowest BCUT2D eigenvalue weighted by Gasteiger charge is -2.27. The molecule has 0 amide bonds. The van der Waals surface area contributed by atoms with Gasteiger partial charge in [0.15, 0.2) is 0 Å². The van der Waals surface area contributed by atoms with E-state index in [0.29, 0.717) is 17.7 Å². The van der Waals surface area contributed by atoms with Crippen molar-refractivity contribution in [2.75, 3.05) is 0 Å². The Labute approximate surface area is 108 Å². The van der Waals surface area contributed by atoms with E-state index in [1.54, 1.807) is 0 Å². The first-order valence-electron chi connectivity index (χ1n) is 6.34. The monoisotopic (exact) mass is 253 g/mol. The fraction of sp³-hybridized carbons (Fsp3) is 0.571. The van der Waals surface area contributed by atoms with Gasteiger partial charge in [-0.1, -0.05) is 24.6 Å². The predicted octanol–water partition coefficient (Wildman–Crippen LogP) is 3.76. The molecule has 0 bridgehead atoms. The summed E-state index contributed by atoms with van der Waals surface area (Å²) in [5.74, 6) is 1.70. The maximum atomic E-state index is 6.11. The highest BCUT2D eigenvalue weighted by molar-refractivity contribution is 6.31. The van der Waals surface area contributed by atoms with E-state index >= 15 is 0 Å². The second-order valence-electron chi connectivity index (χ2n) is 4.92. The van der Waals surface area contributed by atoms with Gasteiger partial charge in [-0.25, -0.2) is 0 Å². The van der Waals surface area contributed by atoms with Crippen LogP contribution in [-0.4, -0.2) is 6.10 Å². The van der Waals surface area contributed by atoms with Gasteiger partial charge in [-0.3, -0.25) is 0 Å². The number of ether oxygens (including phenoxy) is 1. The zero-order valence-electron chi connectivity index (χ0n) is 10.3. The van der Waals surface area contributed by atoms with Gasteiger partial charge in [-0.15, -0.1) is 0 Å². The Balaban J connectivity index is 2.05. The largest absolute Gasteiger partial charge is 0.490 e. The summed E-state index contributed by atoms with van der Waals surface area (Å²) in [6, 6.07) is 5.74. The maximum Gasteiger partial charge on any atom is 0.125 e. The number of nitrogens with two attached hydrogens (primary N) is 1. The van der Waals surface area contributed by atoms with Gasteiger partial charge in [-0.2, -0.15) is 0 Å². The number of benzene rings is 1. The highest BCUT2D eigenvalue weighted by Crippen LogP contribution is 2.31. The second kappa shape index (κ2) is 5.74. The smallest absolute Gasteiger partial charge is 0.125 e. The van der Waals surface area contributed by atoms with Crippen molar-refractivity contribution in [2.45, 2.75) is 45.3 Å². The lowest BCUT2D eigenvalue weighted by molar-refractivity contribution is 0.134. The van der Waals surface area contributed by atoms with E-state index in [1.165, 1.54) is 12.8 Å². The van der Waals surface area contributed by atoms with E-state index in [-0.39, 0.29) is 0 Å². The average Bonchev–Trinajstić information content (AvgIpc) is 2.32. The molecule has 94 valence electrons. The molecular formula is C14H20ClNO. The van der Waals surface area contributed by atoms with E-state index in [9.17, 15) is 0 Å². The number of hydrogen-bond acceptors (Lipinski definition) is 2. The van der Waals surface area contributed by atoms with E-state index < -0.39 is 0 Å². The highest BCUT2D eigenvalue weighted by Gasteiger charge is 2.20. The van der Waals surface area contributed by atoms with E-state index in [2.05, 4.69) is 6.92 Å². The van der Waals surface area contributed by atoms with Crippen LogP contribution in [0.2, 0.25) is 5.02 Å². The van der Waals surface area contributed by atoms with Crippen LogP contribution in [0.5, 0.6) is 5.75 Å². The molecular weight excluding hydrogens is 234 g/mol. The molecule has 0 aliphatic heterocycles. The molecule has 1 aliphatic rings. The summed E-state index contributed by atoms with van der Waals surface area (Å²) in [7, 11) is 0. The van der Waals surface area contributed by atoms with Gasteiger partial charge in [-0.05, 0) is 43.7 Å². The minimum absolute atomic E-state index is 0.329. The molecule has 1 aromatic carbocycles.